The van der Waals surface area contributed by atoms with Crippen molar-refractivity contribution in [2.45, 2.75) is 42.3 Å². The Bertz CT molecular complexity index is 1060. The number of ether oxygens (including phenoxy) is 1. The van der Waals surface area contributed by atoms with Crippen LogP contribution in [0.2, 0.25) is 0 Å². The molecule has 2 fully saturated rings. The predicted molar refractivity (Wildman–Crippen MR) is 126 cm³/mol. The van der Waals surface area contributed by atoms with Crippen LogP contribution in [0.1, 0.15) is 13.3 Å². The molecule has 2 aliphatic heterocycles. The van der Waals surface area contributed by atoms with Gasteiger partial charge in [0.2, 0.25) is 5.91 Å². The predicted octanol–water partition coefficient (Wildman–Crippen LogP) is 2.77. The molecule has 3 amide bonds. The Kier molecular flexibility index (Phi) is 7.51. The van der Waals surface area contributed by atoms with Gasteiger partial charge < -0.3 is 24.0 Å². The van der Waals surface area contributed by atoms with Gasteiger partial charge in [-0.25, -0.2) is 9.36 Å². The summed E-state index contributed by atoms with van der Waals surface area (Å²) in [6.07, 6.45) is -4.90. The molecule has 4 rings (SSSR count). The molecule has 2 saturated heterocycles. The van der Waals surface area contributed by atoms with Gasteiger partial charge in [0.25, 0.3) is 0 Å². The highest BCUT2D eigenvalue weighted by atomic mass is 79.9. The van der Waals surface area contributed by atoms with Crippen molar-refractivity contribution in [1.29, 1.82) is 0 Å². The summed E-state index contributed by atoms with van der Waals surface area (Å²) in [7, 11) is -4.23. The fourth-order valence-electron chi connectivity index (χ4n) is 3.55. The Morgan fingerprint density at radius 1 is 1.09 bits per heavy atom. The number of nitrogens with zero attached hydrogens (tertiary/aromatic N) is 1. The van der Waals surface area contributed by atoms with Crippen LogP contribution in [0.15, 0.2) is 60.7 Å². The third kappa shape index (κ3) is 5.69. The lowest BCUT2D eigenvalue weighted by Crippen LogP contribution is -2.68. The smallest absolute Gasteiger partial charge is 0.395 e. The third-order valence-corrected chi connectivity index (χ3v) is 7.58. The Hall–Kier alpha value is -2.47. The Labute approximate surface area is 209 Å². The molecular formula is C22H24BrN2O9P. The number of phosphoric ester groups is 1. The van der Waals surface area contributed by atoms with Gasteiger partial charge in [-0.05, 0) is 31.2 Å². The SMILES string of the molecule is CC1(Br)C(=O)NC(=O)N([C@H]2C[C@H](O)[C@@H](COP(=O)(Oc3ccccc3)Oc3ccccc3)O2)[C@H]1O. The summed E-state index contributed by atoms with van der Waals surface area (Å²) in [5.74, 6) is -0.222. The minimum atomic E-state index is -4.23. The Balaban J connectivity index is 1.46. The number of para-hydroxylation sites is 2. The largest absolute Gasteiger partial charge is 0.587 e. The highest BCUT2D eigenvalue weighted by Crippen LogP contribution is 2.50. The van der Waals surface area contributed by atoms with Gasteiger partial charge in [-0.3, -0.25) is 19.5 Å². The fourth-order valence-corrected chi connectivity index (χ4v) is 5.11. The first kappa shape index (κ1) is 25.6. The van der Waals surface area contributed by atoms with E-state index in [0.717, 1.165) is 4.90 Å². The first-order valence-corrected chi connectivity index (χ1v) is 12.9. The van der Waals surface area contributed by atoms with E-state index in [1.807, 2.05) is 0 Å². The lowest BCUT2D eigenvalue weighted by molar-refractivity contribution is -0.147. The maximum absolute atomic E-state index is 13.5. The van der Waals surface area contributed by atoms with Crippen LogP contribution < -0.4 is 14.4 Å². The highest BCUT2D eigenvalue weighted by molar-refractivity contribution is 9.10. The monoisotopic (exact) mass is 570 g/mol. The zero-order valence-corrected chi connectivity index (χ0v) is 21.0. The van der Waals surface area contributed by atoms with Gasteiger partial charge >= 0.3 is 13.9 Å². The van der Waals surface area contributed by atoms with Crippen LogP contribution in [0.4, 0.5) is 4.79 Å². The minimum Gasteiger partial charge on any atom is -0.395 e. The molecule has 0 bridgehead atoms. The van der Waals surface area contributed by atoms with Crippen LogP contribution in [0, 0.1) is 0 Å². The van der Waals surface area contributed by atoms with Crippen LogP contribution in [-0.2, 0) is 18.6 Å². The van der Waals surface area contributed by atoms with Crippen molar-refractivity contribution in [3.8, 4) is 11.5 Å². The van der Waals surface area contributed by atoms with E-state index in [1.165, 1.54) is 6.92 Å². The lowest BCUT2D eigenvalue weighted by Gasteiger charge is -2.42. The third-order valence-electron chi connectivity index (χ3n) is 5.48. The molecule has 11 nitrogen and oxygen atoms in total. The number of halogens is 1. The highest BCUT2D eigenvalue weighted by Gasteiger charge is 2.53. The molecule has 35 heavy (non-hydrogen) atoms. The zero-order valence-electron chi connectivity index (χ0n) is 18.5. The van der Waals surface area contributed by atoms with E-state index in [0.29, 0.717) is 0 Å². The van der Waals surface area contributed by atoms with E-state index < -0.39 is 55.4 Å². The molecule has 1 unspecified atom stereocenters. The number of rotatable bonds is 8. The number of nitrogens with one attached hydrogen (secondary N) is 1. The average molecular weight is 571 g/mol. The lowest BCUT2D eigenvalue weighted by atomic mass is 10.1. The van der Waals surface area contributed by atoms with Crippen molar-refractivity contribution < 1.29 is 42.7 Å². The minimum absolute atomic E-state index is 0.0842. The molecule has 0 spiro atoms. The summed E-state index contributed by atoms with van der Waals surface area (Å²) >= 11 is 3.12. The van der Waals surface area contributed by atoms with E-state index in [9.17, 15) is 24.4 Å². The number of hydrogen-bond donors (Lipinski definition) is 3. The first-order valence-electron chi connectivity index (χ1n) is 10.7. The number of alkyl halides is 1. The maximum Gasteiger partial charge on any atom is 0.587 e. The van der Waals surface area contributed by atoms with E-state index >= 15 is 0 Å². The molecule has 0 radical (unpaired) electrons. The number of hydrogen-bond acceptors (Lipinski definition) is 9. The summed E-state index contributed by atoms with van der Waals surface area (Å²) in [6, 6.07) is 15.7. The molecule has 2 aliphatic rings. The van der Waals surface area contributed by atoms with Gasteiger partial charge in [-0.2, -0.15) is 0 Å². The number of amides is 3. The molecule has 0 aromatic heterocycles. The number of carbonyl (C=O) groups excluding carboxylic acids is 2. The second kappa shape index (κ2) is 10.3. The molecular weight excluding hydrogens is 547 g/mol. The van der Waals surface area contributed by atoms with Gasteiger partial charge in [-0.15, -0.1) is 0 Å². The van der Waals surface area contributed by atoms with Crippen LogP contribution in [-0.4, -0.2) is 62.6 Å². The molecule has 0 saturated carbocycles. The van der Waals surface area contributed by atoms with Gasteiger partial charge in [0.15, 0.2) is 6.23 Å². The summed E-state index contributed by atoms with van der Waals surface area (Å²) in [6.45, 7) is 0.987. The normalized spacial score (nSPS) is 29.1. The topological polar surface area (TPSA) is 144 Å². The second-order valence-electron chi connectivity index (χ2n) is 8.10. The number of imide groups is 1. The number of phosphoric acid groups is 1. The number of aliphatic hydroxyl groups is 2. The Morgan fingerprint density at radius 2 is 1.63 bits per heavy atom. The van der Waals surface area contributed by atoms with Crippen molar-refractivity contribution in [3.05, 3.63) is 60.7 Å². The van der Waals surface area contributed by atoms with E-state index in [1.54, 1.807) is 60.7 Å². The summed E-state index contributed by atoms with van der Waals surface area (Å²) in [4.78, 5) is 25.3. The number of aliphatic hydroxyl groups excluding tert-OH is 2. The molecule has 2 heterocycles. The van der Waals surface area contributed by atoms with E-state index in [-0.39, 0.29) is 17.9 Å². The number of carbonyl (C=O) groups is 2. The molecule has 13 heteroatoms. The second-order valence-corrected chi connectivity index (χ2v) is 11.3. The van der Waals surface area contributed by atoms with Gasteiger partial charge in [0, 0.05) is 6.42 Å². The quantitative estimate of drug-likeness (QED) is 0.322. The van der Waals surface area contributed by atoms with Crippen LogP contribution in [0.3, 0.4) is 0 Å². The number of urea groups is 1. The summed E-state index contributed by atoms with van der Waals surface area (Å²) in [5.41, 5.74) is 0. The van der Waals surface area contributed by atoms with E-state index in [2.05, 4.69) is 21.2 Å². The fraction of sp³-hybridized carbons (Fsp3) is 0.364. The van der Waals surface area contributed by atoms with Crippen LogP contribution in [0.5, 0.6) is 11.5 Å². The van der Waals surface area contributed by atoms with Crippen LogP contribution >= 0.6 is 23.8 Å². The zero-order chi connectivity index (χ0) is 25.2. The van der Waals surface area contributed by atoms with Crippen LogP contribution in [0.25, 0.3) is 0 Å². The maximum atomic E-state index is 13.5. The van der Waals surface area contributed by atoms with Crippen molar-refractivity contribution in [2.24, 2.45) is 0 Å². The van der Waals surface area contributed by atoms with Crippen molar-refractivity contribution >= 4 is 35.7 Å². The van der Waals surface area contributed by atoms with Crippen molar-refractivity contribution in [1.82, 2.24) is 10.2 Å². The van der Waals surface area contributed by atoms with Gasteiger partial charge in [0.05, 0.1) is 12.7 Å². The van der Waals surface area contributed by atoms with Gasteiger partial charge in [0.1, 0.15) is 28.2 Å². The molecule has 3 N–H and O–H groups in total. The molecule has 5 atom stereocenters. The molecule has 2 aromatic carbocycles. The molecule has 2 aromatic rings. The standard InChI is InChI=1S/C22H24BrN2O9P/c1-22(23)19(27)24-21(29)25(20(22)28)18-12-16(26)17(32-18)13-31-35(30,33-14-8-4-2-5-9-14)34-15-10-6-3-7-11-15/h2-11,16-18,20,26,28H,12-13H2,1H3,(H,24,27,29)/t16-,17+,18+,20-,22?/m0/s1. The van der Waals surface area contributed by atoms with E-state index in [4.69, 9.17) is 18.3 Å². The van der Waals surface area contributed by atoms with Crippen molar-refractivity contribution in [2.75, 3.05) is 6.61 Å². The molecule has 188 valence electrons. The Morgan fingerprint density at radius 3 is 2.17 bits per heavy atom. The molecule has 0 aliphatic carbocycles. The first-order chi connectivity index (χ1) is 16.6. The van der Waals surface area contributed by atoms with Crippen molar-refractivity contribution in [3.63, 3.8) is 0 Å². The average Bonchev–Trinajstić information content (AvgIpc) is 3.18. The van der Waals surface area contributed by atoms with Gasteiger partial charge in [-0.1, -0.05) is 52.3 Å². The summed E-state index contributed by atoms with van der Waals surface area (Å²) in [5, 5.41) is 23.2. The summed E-state index contributed by atoms with van der Waals surface area (Å²) < 4.78 is 34.3. The number of benzene rings is 2.